The largest absolute Gasteiger partial charge is 0.497 e. The van der Waals surface area contributed by atoms with Crippen molar-refractivity contribution in [3.8, 4) is 17.6 Å². The van der Waals surface area contributed by atoms with Gasteiger partial charge in [-0.25, -0.2) is 0 Å². The predicted octanol–water partition coefficient (Wildman–Crippen LogP) is 1.62. The Morgan fingerprint density at radius 2 is 2.13 bits per heavy atom. The van der Waals surface area contributed by atoms with Gasteiger partial charge in [-0.05, 0) is 6.07 Å². The monoisotopic (exact) mass is 206 g/mol. The summed E-state index contributed by atoms with van der Waals surface area (Å²) in [6.07, 6.45) is 0.267. The van der Waals surface area contributed by atoms with Gasteiger partial charge in [0.15, 0.2) is 0 Å². The first kappa shape index (κ1) is 11.3. The van der Waals surface area contributed by atoms with E-state index in [4.69, 9.17) is 20.5 Å². The van der Waals surface area contributed by atoms with E-state index in [2.05, 4.69) is 0 Å². The van der Waals surface area contributed by atoms with Gasteiger partial charge in [-0.15, -0.1) is 0 Å². The van der Waals surface area contributed by atoms with Crippen molar-refractivity contribution < 1.29 is 9.47 Å². The lowest BCUT2D eigenvalue weighted by Gasteiger charge is -2.13. The summed E-state index contributed by atoms with van der Waals surface area (Å²) in [6, 6.07) is 7.09. The molecule has 0 aliphatic rings. The summed E-state index contributed by atoms with van der Waals surface area (Å²) in [5, 5.41) is 8.57. The van der Waals surface area contributed by atoms with Crippen LogP contribution in [0.4, 0.5) is 0 Å². The maximum Gasteiger partial charge on any atom is 0.127 e. The Kier molecular flexibility index (Phi) is 3.95. The summed E-state index contributed by atoms with van der Waals surface area (Å²) in [5.74, 6) is 1.36. The van der Waals surface area contributed by atoms with Gasteiger partial charge in [-0.2, -0.15) is 5.26 Å². The molecule has 0 heterocycles. The standard InChI is InChI=1S/C11H14N2O2/c1-14-8-3-4-9(10(13)5-6-12)11(7-8)15-2/h3-4,7,10H,5,13H2,1-2H3/t10-/m1/s1. The number of methoxy groups -OCH3 is 2. The van der Waals surface area contributed by atoms with Gasteiger partial charge in [0.05, 0.1) is 26.7 Å². The van der Waals surface area contributed by atoms with E-state index in [-0.39, 0.29) is 12.5 Å². The van der Waals surface area contributed by atoms with E-state index in [0.29, 0.717) is 11.5 Å². The predicted molar refractivity (Wildman–Crippen MR) is 56.7 cm³/mol. The van der Waals surface area contributed by atoms with Gasteiger partial charge in [0, 0.05) is 17.7 Å². The van der Waals surface area contributed by atoms with Crippen molar-refractivity contribution >= 4 is 0 Å². The third-order valence-corrected chi connectivity index (χ3v) is 2.15. The molecule has 0 saturated carbocycles. The van der Waals surface area contributed by atoms with Crippen LogP contribution in [-0.2, 0) is 0 Å². The van der Waals surface area contributed by atoms with Crippen LogP contribution in [0.1, 0.15) is 18.0 Å². The summed E-state index contributed by atoms with van der Waals surface area (Å²) in [4.78, 5) is 0. The van der Waals surface area contributed by atoms with Crippen molar-refractivity contribution in [3.05, 3.63) is 23.8 Å². The van der Waals surface area contributed by atoms with Crippen LogP contribution in [0.15, 0.2) is 18.2 Å². The smallest absolute Gasteiger partial charge is 0.127 e. The van der Waals surface area contributed by atoms with Crippen LogP contribution in [0.2, 0.25) is 0 Å². The molecular formula is C11H14N2O2. The summed E-state index contributed by atoms with van der Waals surface area (Å²) >= 11 is 0. The normalized spacial score (nSPS) is 11.6. The number of ether oxygens (including phenoxy) is 2. The van der Waals surface area contributed by atoms with Crippen LogP contribution in [-0.4, -0.2) is 14.2 Å². The van der Waals surface area contributed by atoms with Gasteiger partial charge >= 0.3 is 0 Å². The molecule has 4 nitrogen and oxygen atoms in total. The first-order valence-corrected chi connectivity index (χ1v) is 4.57. The average molecular weight is 206 g/mol. The highest BCUT2D eigenvalue weighted by atomic mass is 16.5. The molecule has 2 N–H and O–H groups in total. The Bertz CT molecular complexity index is 371. The third-order valence-electron chi connectivity index (χ3n) is 2.15. The molecule has 0 aliphatic carbocycles. The summed E-state index contributed by atoms with van der Waals surface area (Å²) in [6.45, 7) is 0. The van der Waals surface area contributed by atoms with E-state index >= 15 is 0 Å². The second-order valence-electron chi connectivity index (χ2n) is 3.08. The van der Waals surface area contributed by atoms with Gasteiger partial charge in [-0.3, -0.25) is 0 Å². The number of benzene rings is 1. The maximum atomic E-state index is 8.57. The number of nitrogens with zero attached hydrogens (tertiary/aromatic N) is 1. The van der Waals surface area contributed by atoms with Gasteiger partial charge < -0.3 is 15.2 Å². The Balaban J connectivity index is 3.02. The highest BCUT2D eigenvalue weighted by Gasteiger charge is 2.12. The lowest BCUT2D eigenvalue weighted by molar-refractivity contribution is 0.388. The minimum Gasteiger partial charge on any atom is -0.497 e. The van der Waals surface area contributed by atoms with E-state index < -0.39 is 0 Å². The minimum absolute atomic E-state index is 0.267. The second-order valence-corrected chi connectivity index (χ2v) is 3.08. The van der Waals surface area contributed by atoms with E-state index in [1.807, 2.05) is 12.1 Å². The van der Waals surface area contributed by atoms with Crippen LogP contribution in [0, 0.1) is 11.3 Å². The summed E-state index contributed by atoms with van der Waals surface area (Å²) < 4.78 is 10.3. The molecule has 4 heteroatoms. The Morgan fingerprint density at radius 1 is 1.40 bits per heavy atom. The molecule has 0 aromatic heterocycles. The fraction of sp³-hybridized carbons (Fsp3) is 0.364. The molecular weight excluding hydrogens is 192 g/mol. The summed E-state index contributed by atoms with van der Waals surface area (Å²) in [5.41, 5.74) is 6.65. The molecule has 0 radical (unpaired) electrons. The molecule has 0 unspecified atom stereocenters. The fourth-order valence-electron chi connectivity index (χ4n) is 1.33. The zero-order valence-corrected chi connectivity index (χ0v) is 8.86. The van der Waals surface area contributed by atoms with Crippen LogP contribution in [0.5, 0.6) is 11.5 Å². The molecule has 1 atom stereocenters. The molecule has 0 spiro atoms. The molecule has 0 saturated heterocycles. The zero-order valence-electron chi connectivity index (χ0n) is 8.86. The quantitative estimate of drug-likeness (QED) is 0.812. The van der Waals surface area contributed by atoms with Crippen molar-refractivity contribution in [2.24, 2.45) is 5.73 Å². The van der Waals surface area contributed by atoms with Gasteiger partial charge in [0.25, 0.3) is 0 Å². The number of rotatable bonds is 4. The van der Waals surface area contributed by atoms with E-state index in [0.717, 1.165) is 5.56 Å². The second kappa shape index (κ2) is 5.23. The Labute approximate surface area is 89.2 Å². The van der Waals surface area contributed by atoms with E-state index in [1.54, 1.807) is 26.4 Å². The Hall–Kier alpha value is -1.73. The molecule has 0 fully saturated rings. The van der Waals surface area contributed by atoms with Crippen molar-refractivity contribution in [3.63, 3.8) is 0 Å². The number of hydrogen-bond acceptors (Lipinski definition) is 4. The van der Waals surface area contributed by atoms with Crippen molar-refractivity contribution in [1.29, 1.82) is 5.26 Å². The highest BCUT2D eigenvalue weighted by molar-refractivity contribution is 5.42. The molecule has 15 heavy (non-hydrogen) atoms. The Morgan fingerprint density at radius 3 is 2.67 bits per heavy atom. The molecule has 80 valence electrons. The van der Waals surface area contributed by atoms with Crippen molar-refractivity contribution in [2.45, 2.75) is 12.5 Å². The summed E-state index contributed by atoms with van der Waals surface area (Å²) in [7, 11) is 3.15. The third kappa shape index (κ3) is 2.61. The van der Waals surface area contributed by atoms with Crippen LogP contribution < -0.4 is 15.2 Å². The number of nitriles is 1. The van der Waals surface area contributed by atoms with Crippen molar-refractivity contribution in [1.82, 2.24) is 0 Å². The SMILES string of the molecule is COc1ccc([C@H](N)CC#N)c(OC)c1. The molecule has 0 aliphatic heterocycles. The van der Waals surface area contributed by atoms with Crippen LogP contribution >= 0.6 is 0 Å². The van der Waals surface area contributed by atoms with Crippen LogP contribution in [0.25, 0.3) is 0 Å². The van der Waals surface area contributed by atoms with Gasteiger partial charge in [-0.1, -0.05) is 6.07 Å². The topological polar surface area (TPSA) is 68.3 Å². The molecule has 1 aromatic carbocycles. The molecule has 1 rings (SSSR count). The van der Waals surface area contributed by atoms with Gasteiger partial charge in [0.1, 0.15) is 11.5 Å². The lowest BCUT2D eigenvalue weighted by Crippen LogP contribution is -2.10. The van der Waals surface area contributed by atoms with E-state index in [9.17, 15) is 0 Å². The highest BCUT2D eigenvalue weighted by Crippen LogP contribution is 2.29. The van der Waals surface area contributed by atoms with Crippen molar-refractivity contribution in [2.75, 3.05) is 14.2 Å². The fourth-order valence-corrected chi connectivity index (χ4v) is 1.33. The first-order valence-electron chi connectivity index (χ1n) is 4.57. The minimum atomic E-state index is -0.323. The number of hydrogen-bond donors (Lipinski definition) is 1. The zero-order chi connectivity index (χ0) is 11.3. The average Bonchev–Trinajstić information content (AvgIpc) is 2.28. The van der Waals surface area contributed by atoms with Gasteiger partial charge in [0.2, 0.25) is 0 Å². The molecule has 1 aromatic rings. The van der Waals surface area contributed by atoms with Crippen LogP contribution in [0.3, 0.4) is 0 Å². The first-order chi connectivity index (χ1) is 7.22. The molecule has 0 bridgehead atoms. The van der Waals surface area contributed by atoms with E-state index in [1.165, 1.54) is 0 Å². The molecule has 0 amide bonds. The lowest BCUT2D eigenvalue weighted by atomic mass is 10.0. The number of nitrogens with two attached hydrogens (primary N) is 1. The maximum absolute atomic E-state index is 8.57.